The first-order valence-electron chi connectivity index (χ1n) is 5.84. The Bertz CT molecular complexity index is 621. The number of rotatable bonds is 4. The quantitative estimate of drug-likeness (QED) is 0.524. The van der Waals surface area contributed by atoms with Crippen molar-refractivity contribution >= 4 is 29.1 Å². The second-order valence-corrected chi connectivity index (χ2v) is 4.70. The summed E-state index contributed by atoms with van der Waals surface area (Å²) in [7, 11) is 1.36. The van der Waals surface area contributed by atoms with Crippen LogP contribution in [0, 0.1) is 5.92 Å². The molecule has 0 unspecified atom stereocenters. The Hall–Kier alpha value is -2.24. The van der Waals surface area contributed by atoms with E-state index in [-0.39, 0.29) is 28.2 Å². The molecule has 1 aliphatic rings. The van der Waals surface area contributed by atoms with E-state index in [4.69, 9.17) is 21.9 Å². The summed E-state index contributed by atoms with van der Waals surface area (Å²) in [6.07, 6.45) is 1.74. The molecule has 104 valence electrons. The topological polar surface area (TPSA) is 104 Å². The van der Waals surface area contributed by atoms with Gasteiger partial charge >= 0.3 is 0 Å². The van der Waals surface area contributed by atoms with E-state index in [0.29, 0.717) is 5.69 Å². The van der Waals surface area contributed by atoms with Gasteiger partial charge in [0, 0.05) is 16.9 Å². The molecular formula is C12H11ClN4O3. The largest absolute Gasteiger partial charge is 0.496 e. The SMILES string of the molecule is COc1cc(NC(=O)C2CC2)c(Cl)cc1C(=O)N=[N+]=[N-]. The molecule has 0 bridgehead atoms. The van der Waals surface area contributed by atoms with Gasteiger partial charge in [-0.2, -0.15) is 0 Å². The zero-order valence-electron chi connectivity index (χ0n) is 10.6. The summed E-state index contributed by atoms with van der Waals surface area (Å²) in [5, 5.41) is 5.85. The average Bonchev–Trinajstić information content (AvgIpc) is 3.25. The summed E-state index contributed by atoms with van der Waals surface area (Å²) >= 11 is 6.01. The van der Waals surface area contributed by atoms with E-state index < -0.39 is 5.91 Å². The molecule has 0 radical (unpaired) electrons. The minimum atomic E-state index is -0.800. The molecule has 0 heterocycles. The van der Waals surface area contributed by atoms with Gasteiger partial charge in [-0.15, -0.1) is 0 Å². The van der Waals surface area contributed by atoms with Crippen LogP contribution in [0.5, 0.6) is 5.75 Å². The van der Waals surface area contributed by atoms with Crippen molar-refractivity contribution in [2.75, 3.05) is 12.4 Å². The standard InChI is InChI=1S/C12H11ClN4O3/c1-20-10-5-9(15-11(18)6-2-3-6)8(13)4-7(10)12(19)16-17-14/h4-6H,2-3H2,1H3,(H,15,18). The third-order valence-electron chi connectivity index (χ3n) is 2.86. The van der Waals surface area contributed by atoms with Crippen LogP contribution in [0.2, 0.25) is 5.02 Å². The van der Waals surface area contributed by atoms with Crippen LogP contribution in [0.3, 0.4) is 0 Å². The molecule has 0 aromatic heterocycles. The van der Waals surface area contributed by atoms with E-state index in [0.717, 1.165) is 12.8 Å². The maximum atomic E-state index is 11.7. The highest BCUT2D eigenvalue weighted by atomic mass is 35.5. The predicted molar refractivity (Wildman–Crippen MR) is 72.8 cm³/mol. The van der Waals surface area contributed by atoms with E-state index in [9.17, 15) is 9.59 Å². The summed E-state index contributed by atoms with van der Waals surface area (Å²) in [6.45, 7) is 0. The van der Waals surface area contributed by atoms with Crippen molar-refractivity contribution in [2.24, 2.45) is 11.0 Å². The van der Waals surface area contributed by atoms with Crippen LogP contribution < -0.4 is 10.1 Å². The van der Waals surface area contributed by atoms with Gasteiger partial charge in [0.05, 0.1) is 23.4 Å². The second-order valence-electron chi connectivity index (χ2n) is 4.29. The first-order valence-corrected chi connectivity index (χ1v) is 6.22. The van der Waals surface area contributed by atoms with Gasteiger partial charge < -0.3 is 10.1 Å². The fourth-order valence-electron chi connectivity index (χ4n) is 1.66. The van der Waals surface area contributed by atoms with Crippen LogP contribution in [-0.2, 0) is 4.79 Å². The van der Waals surface area contributed by atoms with Crippen LogP contribution in [0.4, 0.5) is 5.69 Å². The van der Waals surface area contributed by atoms with Crippen molar-refractivity contribution in [1.29, 1.82) is 0 Å². The van der Waals surface area contributed by atoms with E-state index in [1.165, 1.54) is 19.2 Å². The van der Waals surface area contributed by atoms with E-state index in [1.54, 1.807) is 0 Å². The van der Waals surface area contributed by atoms with Crippen molar-refractivity contribution < 1.29 is 14.3 Å². The average molecular weight is 295 g/mol. The Morgan fingerprint density at radius 2 is 2.20 bits per heavy atom. The lowest BCUT2D eigenvalue weighted by Gasteiger charge is -2.11. The van der Waals surface area contributed by atoms with Crippen LogP contribution in [-0.4, -0.2) is 18.9 Å². The molecule has 1 saturated carbocycles. The number of amides is 2. The highest BCUT2D eigenvalue weighted by Gasteiger charge is 2.30. The Balaban J connectivity index is 2.33. The van der Waals surface area contributed by atoms with E-state index in [1.807, 2.05) is 0 Å². The van der Waals surface area contributed by atoms with Crippen molar-refractivity contribution in [3.05, 3.63) is 33.2 Å². The number of azide groups is 1. The summed E-state index contributed by atoms with van der Waals surface area (Å²) in [5.41, 5.74) is 8.68. The molecule has 1 aliphatic carbocycles. The monoisotopic (exact) mass is 294 g/mol. The highest BCUT2D eigenvalue weighted by Crippen LogP contribution is 2.34. The van der Waals surface area contributed by atoms with Crippen molar-refractivity contribution in [3.63, 3.8) is 0 Å². The van der Waals surface area contributed by atoms with Gasteiger partial charge in [-0.1, -0.05) is 11.6 Å². The number of hydrogen-bond donors (Lipinski definition) is 1. The molecule has 0 atom stereocenters. The van der Waals surface area contributed by atoms with Gasteiger partial charge in [-0.05, 0) is 29.6 Å². The number of hydrogen-bond acceptors (Lipinski definition) is 3. The maximum Gasteiger partial charge on any atom is 0.252 e. The summed E-state index contributed by atoms with van der Waals surface area (Å²) in [4.78, 5) is 25.7. The van der Waals surface area contributed by atoms with Gasteiger partial charge in [-0.3, -0.25) is 9.59 Å². The summed E-state index contributed by atoms with van der Waals surface area (Å²) in [5.74, 6) is -0.700. The third-order valence-corrected chi connectivity index (χ3v) is 3.17. The van der Waals surface area contributed by atoms with Crippen molar-refractivity contribution in [2.45, 2.75) is 12.8 Å². The van der Waals surface area contributed by atoms with Crippen LogP contribution in [0.1, 0.15) is 23.2 Å². The molecule has 1 fully saturated rings. The maximum absolute atomic E-state index is 11.7. The molecule has 0 spiro atoms. The Morgan fingerprint density at radius 3 is 2.75 bits per heavy atom. The molecule has 0 aliphatic heterocycles. The van der Waals surface area contributed by atoms with Gasteiger partial charge in [0.15, 0.2) is 0 Å². The number of nitrogens with zero attached hydrogens (tertiary/aromatic N) is 3. The zero-order chi connectivity index (χ0) is 14.7. The molecular weight excluding hydrogens is 284 g/mol. The molecule has 1 N–H and O–H groups in total. The Kier molecular flexibility index (Phi) is 4.12. The van der Waals surface area contributed by atoms with Gasteiger partial charge in [0.2, 0.25) is 5.91 Å². The van der Waals surface area contributed by atoms with E-state index >= 15 is 0 Å². The van der Waals surface area contributed by atoms with Crippen LogP contribution in [0.25, 0.3) is 10.4 Å². The molecule has 2 rings (SSSR count). The number of ether oxygens (including phenoxy) is 1. The third kappa shape index (κ3) is 3.01. The number of carbonyl (C=O) groups excluding carboxylic acids is 2. The molecule has 2 amide bonds. The number of benzene rings is 1. The fraction of sp³-hybridized carbons (Fsp3) is 0.333. The van der Waals surface area contributed by atoms with E-state index in [2.05, 4.69) is 15.3 Å². The number of carbonyl (C=O) groups is 2. The lowest BCUT2D eigenvalue weighted by Crippen LogP contribution is -2.14. The number of halogens is 1. The smallest absolute Gasteiger partial charge is 0.252 e. The molecule has 7 nitrogen and oxygen atoms in total. The fourth-order valence-corrected chi connectivity index (χ4v) is 1.87. The lowest BCUT2D eigenvalue weighted by atomic mass is 10.1. The number of methoxy groups -OCH3 is 1. The zero-order valence-corrected chi connectivity index (χ0v) is 11.3. The molecule has 1 aromatic carbocycles. The summed E-state index contributed by atoms with van der Waals surface area (Å²) in [6, 6.07) is 2.74. The first kappa shape index (κ1) is 14.2. The minimum Gasteiger partial charge on any atom is -0.496 e. The second kappa shape index (κ2) is 5.81. The Morgan fingerprint density at radius 1 is 1.50 bits per heavy atom. The molecule has 0 saturated heterocycles. The molecule has 8 heteroatoms. The van der Waals surface area contributed by atoms with Crippen LogP contribution >= 0.6 is 11.6 Å². The van der Waals surface area contributed by atoms with Gasteiger partial charge in [0.1, 0.15) is 5.75 Å². The Labute approximate surface area is 119 Å². The molecule has 1 aromatic rings. The normalized spacial score (nSPS) is 13.3. The van der Waals surface area contributed by atoms with Gasteiger partial charge in [0.25, 0.3) is 5.91 Å². The number of nitrogens with one attached hydrogen (secondary N) is 1. The van der Waals surface area contributed by atoms with Crippen molar-refractivity contribution in [3.8, 4) is 5.75 Å². The molecule has 20 heavy (non-hydrogen) atoms. The van der Waals surface area contributed by atoms with Crippen molar-refractivity contribution in [1.82, 2.24) is 0 Å². The first-order chi connectivity index (χ1) is 9.56. The highest BCUT2D eigenvalue weighted by molar-refractivity contribution is 6.34. The minimum absolute atomic E-state index is 0.0292. The predicted octanol–water partition coefficient (Wildman–Crippen LogP) is 3.15. The van der Waals surface area contributed by atoms with Crippen LogP contribution in [0.15, 0.2) is 17.2 Å². The lowest BCUT2D eigenvalue weighted by molar-refractivity contribution is -0.117. The summed E-state index contributed by atoms with van der Waals surface area (Å²) < 4.78 is 5.05. The van der Waals surface area contributed by atoms with Gasteiger partial charge in [-0.25, -0.2) is 0 Å². The number of anilines is 1.